The predicted octanol–water partition coefficient (Wildman–Crippen LogP) is 5.77. The zero-order valence-electron chi connectivity index (χ0n) is 37.3. The van der Waals surface area contributed by atoms with E-state index < -0.39 is 48.6 Å². The van der Waals surface area contributed by atoms with Crippen LogP contribution in [-0.2, 0) is 47.5 Å². The average molecular weight is 841 g/mol. The zero-order valence-corrected chi connectivity index (χ0v) is 37.3. The Kier molecular flexibility index (Phi) is 15.1. The summed E-state index contributed by atoms with van der Waals surface area (Å²) in [5, 5.41) is 16.4. The number of Topliss-reactive ketones (excluding diaryl/α,β-unsaturated/α-hetero) is 1. The smallest absolute Gasteiger partial charge is 0.306 e. The number of nitrogens with one attached hydrogen (secondary N) is 1. The number of carbonyl (C=O) groups excluding carboxylic acids is 2. The summed E-state index contributed by atoms with van der Waals surface area (Å²) < 4.78 is 50.2. The first-order valence-electron chi connectivity index (χ1n) is 22.7. The van der Waals surface area contributed by atoms with E-state index in [0.29, 0.717) is 43.7 Å². The first kappa shape index (κ1) is 45.6. The second-order valence-electron chi connectivity index (χ2n) is 18.6. The van der Waals surface area contributed by atoms with Crippen LogP contribution in [0.3, 0.4) is 0 Å². The fraction of sp³-hybridized carbons (Fsp3) is 0.787. The maximum Gasteiger partial charge on any atom is 0.306 e. The van der Waals surface area contributed by atoms with Gasteiger partial charge < -0.3 is 53.2 Å². The van der Waals surface area contributed by atoms with Gasteiger partial charge in [0.25, 0.3) is 0 Å². The van der Waals surface area contributed by atoms with Crippen molar-refractivity contribution in [2.45, 2.75) is 165 Å². The van der Waals surface area contributed by atoms with Crippen molar-refractivity contribution >= 4 is 17.4 Å². The Bertz CT molecular complexity index is 1610. The molecule has 5 fully saturated rings. The molecule has 336 valence electrons. The average Bonchev–Trinajstić information content (AvgIpc) is 3.82. The number of aliphatic hydroxyl groups excluding tert-OH is 1. The van der Waals surface area contributed by atoms with Gasteiger partial charge in [0.05, 0.1) is 43.0 Å². The summed E-state index contributed by atoms with van der Waals surface area (Å²) in [6.45, 7) is 8.06. The van der Waals surface area contributed by atoms with E-state index in [0.717, 1.165) is 24.9 Å². The molecule has 2 N–H and O–H groups in total. The van der Waals surface area contributed by atoms with E-state index in [4.69, 9.17) is 37.9 Å². The van der Waals surface area contributed by atoms with Crippen LogP contribution in [0.5, 0.6) is 0 Å². The molecule has 3 heterocycles. The van der Waals surface area contributed by atoms with Gasteiger partial charge in [0, 0.05) is 50.8 Å². The van der Waals surface area contributed by atoms with Gasteiger partial charge >= 0.3 is 5.97 Å². The summed E-state index contributed by atoms with van der Waals surface area (Å²) in [6.07, 6.45) is 3.59. The number of cyclic esters (lactones) is 1. The molecular formula is C47H72N2O11. The van der Waals surface area contributed by atoms with Gasteiger partial charge in [0.15, 0.2) is 18.4 Å². The molecule has 60 heavy (non-hydrogen) atoms. The number of rotatable bonds is 11. The lowest BCUT2D eigenvalue weighted by Gasteiger charge is -2.47. The van der Waals surface area contributed by atoms with E-state index in [9.17, 15) is 9.90 Å². The van der Waals surface area contributed by atoms with Crippen LogP contribution in [0.2, 0.25) is 0 Å². The number of esters is 1. The Morgan fingerprint density at radius 2 is 1.57 bits per heavy atom. The molecule has 13 nitrogen and oxygen atoms in total. The van der Waals surface area contributed by atoms with Crippen molar-refractivity contribution in [1.29, 1.82) is 0 Å². The van der Waals surface area contributed by atoms with E-state index in [2.05, 4.69) is 37.3 Å². The molecule has 0 bridgehead atoms. The lowest BCUT2D eigenvalue weighted by molar-refractivity contribution is -0.314. The van der Waals surface area contributed by atoms with Gasteiger partial charge in [-0.3, -0.25) is 9.59 Å². The van der Waals surface area contributed by atoms with Crippen molar-refractivity contribution < 1.29 is 52.6 Å². The van der Waals surface area contributed by atoms with E-state index in [1.165, 1.54) is 0 Å². The number of anilines is 1. The summed E-state index contributed by atoms with van der Waals surface area (Å²) >= 11 is 0. The summed E-state index contributed by atoms with van der Waals surface area (Å²) in [5.41, 5.74) is 1.51. The molecule has 3 aliphatic heterocycles. The first-order valence-corrected chi connectivity index (χ1v) is 22.7. The molecule has 3 unspecified atom stereocenters. The van der Waals surface area contributed by atoms with E-state index in [1.807, 2.05) is 51.1 Å². The molecule has 1 aromatic rings. The van der Waals surface area contributed by atoms with Gasteiger partial charge in [-0.15, -0.1) is 0 Å². The number of ketones is 1. The number of hydrogen-bond donors (Lipinski definition) is 2. The number of carbonyl (C=O) groups is 2. The number of likely N-dealkylation sites (N-methyl/N-ethyl adjacent to an activating group) is 1. The quantitative estimate of drug-likeness (QED) is 0.261. The number of aliphatic hydroxyl groups is 1. The van der Waals surface area contributed by atoms with E-state index in [1.54, 1.807) is 21.3 Å². The molecule has 0 spiro atoms. The minimum absolute atomic E-state index is 0.00629. The molecule has 7 rings (SSSR count). The highest BCUT2D eigenvalue weighted by Gasteiger charge is 2.60. The Balaban J connectivity index is 1.20. The van der Waals surface area contributed by atoms with E-state index in [-0.39, 0.29) is 78.6 Å². The second kappa shape index (κ2) is 19.9. The van der Waals surface area contributed by atoms with Crippen molar-refractivity contribution in [3.8, 4) is 0 Å². The third-order valence-electron chi connectivity index (χ3n) is 15.0. The summed E-state index contributed by atoms with van der Waals surface area (Å²) in [7, 11) is 9.07. The second-order valence-corrected chi connectivity index (χ2v) is 18.6. The Morgan fingerprint density at radius 3 is 2.23 bits per heavy atom. The molecule has 3 aliphatic carbocycles. The van der Waals surface area contributed by atoms with Gasteiger partial charge in [-0.2, -0.15) is 0 Å². The fourth-order valence-corrected chi connectivity index (χ4v) is 11.9. The number of nitrogens with zero attached hydrogens (tertiary/aromatic N) is 1. The molecular weight excluding hydrogens is 769 g/mol. The number of para-hydroxylation sites is 1. The van der Waals surface area contributed by atoms with Crippen molar-refractivity contribution in [2.24, 2.45) is 35.5 Å². The van der Waals surface area contributed by atoms with Crippen LogP contribution in [-0.4, -0.2) is 137 Å². The Morgan fingerprint density at radius 1 is 0.850 bits per heavy atom. The topological polar surface area (TPSA) is 143 Å². The Labute approximate surface area is 357 Å². The molecule has 1 aromatic carbocycles. The number of ether oxygens (including phenoxy) is 8. The van der Waals surface area contributed by atoms with Crippen molar-refractivity contribution in [1.82, 2.24) is 4.90 Å². The van der Waals surface area contributed by atoms with Crippen LogP contribution in [0.1, 0.15) is 85.5 Å². The van der Waals surface area contributed by atoms with Crippen molar-refractivity contribution in [3.63, 3.8) is 0 Å². The number of hydrogen-bond acceptors (Lipinski definition) is 13. The predicted molar refractivity (Wildman–Crippen MR) is 225 cm³/mol. The van der Waals surface area contributed by atoms with Gasteiger partial charge in [-0.05, 0) is 115 Å². The Hall–Kier alpha value is -2.46. The summed E-state index contributed by atoms with van der Waals surface area (Å²) in [5.74, 6) is -1.87. The molecule has 19 atom stereocenters. The molecule has 13 heteroatoms. The summed E-state index contributed by atoms with van der Waals surface area (Å²) in [4.78, 5) is 31.2. The lowest BCUT2D eigenvalue weighted by Crippen LogP contribution is -2.59. The van der Waals surface area contributed by atoms with Crippen molar-refractivity contribution in [2.75, 3.05) is 40.7 Å². The van der Waals surface area contributed by atoms with Crippen LogP contribution in [0.25, 0.3) is 0 Å². The third kappa shape index (κ3) is 9.40. The minimum atomic E-state index is -0.869. The van der Waals surface area contributed by atoms with Crippen LogP contribution in [0.4, 0.5) is 5.69 Å². The molecule has 2 saturated carbocycles. The van der Waals surface area contributed by atoms with Gasteiger partial charge in [-0.25, -0.2) is 0 Å². The molecule has 3 saturated heterocycles. The van der Waals surface area contributed by atoms with Gasteiger partial charge in [0.1, 0.15) is 24.4 Å². The molecule has 6 aliphatic rings. The largest absolute Gasteiger partial charge is 0.462 e. The van der Waals surface area contributed by atoms with Crippen molar-refractivity contribution in [3.05, 3.63) is 42.0 Å². The maximum atomic E-state index is 15.1. The highest BCUT2D eigenvalue weighted by molar-refractivity contribution is 5.99. The number of fused-ring (bicyclic) bond motifs is 5. The van der Waals surface area contributed by atoms with E-state index >= 15 is 4.79 Å². The highest BCUT2D eigenvalue weighted by Crippen LogP contribution is 2.57. The fourth-order valence-electron chi connectivity index (χ4n) is 11.9. The van der Waals surface area contributed by atoms with Gasteiger partial charge in [-0.1, -0.05) is 38.1 Å². The summed E-state index contributed by atoms with van der Waals surface area (Å²) in [6, 6.07) is 9.87. The van der Waals surface area contributed by atoms with Crippen LogP contribution in [0, 0.1) is 35.5 Å². The lowest BCUT2D eigenvalue weighted by atomic mass is 9.62. The number of methoxy groups -OCH3 is 3. The minimum Gasteiger partial charge on any atom is -0.462 e. The van der Waals surface area contributed by atoms with Crippen LogP contribution < -0.4 is 5.32 Å². The highest BCUT2D eigenvalue weighted by atomic mass is 16.7. The first-order chi connectivity index (χ1) is 28.9. The SMILES string of the molecule is CC[C@H]1CCC[C@H](O[C@H]2CC[C@H](N(C)C)C(C)O2)[C@@H](C)C(=O)C2=C[C@H]3[C@@H]4C[C@H](O[C@@H]5OC(C)[C@H](OC)[C@@H](OC)C5OC)C[C@H]4[C@@H](Nc4ccccc4)[C@H](O)[C@H]3[C@@H]2CC(=O)O1. The molecule has 0 amide bonds. The maximum absolute atomic E-state index is 15.1. The number of benzene rings is 1. The molecule has 0 radical (unpaired) electrons. The standard InChI is InChI=1S/C47H72N2O11/c1-10-29-17-14-18-37(60-39-20-19-36(49(5)6)26(3)56-39)25(2)42(51)35-23-32-31-21-30(59-47-46(55-9)45(54-8)44(53-7)27(4)57-47)22-34(31)41(48-28-15-12-11-13-16-28)43(52)40(32)33(35)24-38(50)58-29/h11-13,15-16,23,25-27,29-34,36-37,39-41,43-48,52H,10,14,17-22,24H2,1-9H3/t25-,26?,27?,29+,30+,31+,32+,33-,34-,36+,37+,39+,40-,41-,43-,44+,45-,46?,47+/m1/s1. The zero-order chi connectivity index (χ0) is 42.8. The van der Waals surface area contributed by atoms with Crippen LogP contribution >= 0.6 is 0 Å². The number of allylic oxidation sites excluding steroid dienone is 2. The normalized spacial score (nSPS) is 43.9. The van der Waals surface area contributed by atoms with Crippen LogP contribution in [0.15, 0.2) is 42.0 Å². The monoisotopic (exact) mass is 841 g/mol. The molecule has 0 aromatic heterocycles. The third-order valence-corrected chi connectivity index (χ3v) is 15.0. The van der Waals surface area contributed by atoms with Gasteiger partial charge in [0.2, 0.25) is 0 Å².